The van der Waals surface area contributed by atoms with E-state index in [1.165, 1.54) is 64.3 Å². The molecule has 1 N–H and O–H groups in total. The summed E-state index contributed by atoms with van der Waals surface area (Å²) in [5, 5.41) is 6.77. The van der Waals surface area contributed by atoms with Crippen molar-refractivity contribution in [2.45, 2.75) is 13.0 Å². The molecule has 0 fully saturated rings. The Bertz CT molecular complexity index is 1060. The summed E-state index contributed by atoms with van der Waals surface area (Å²) in [7, 11) is 1.64. The predicted octanol–water partition coefficient (Wildman–Crippen LogP) is 3.11. The van der Waals surface area contributed by atoms with Crippen LogP contribution in [-0.2, 0) is 16.1 Å². The van der Waals surface area contributed by atoms with Crippen LogP contribution < -0.4 is 14.8 Å². The van der Waals surface area contributed by atoms with Crippen molar-refractivity contribution in [3.8, 4) is 11.5 Å². The molecule has 0 radical (unpaired) electrons. The van der Waals surface area contributed by atoms with E-state index < -0.39 is 0 Å². The molecular weight excluding hydrogens is 434 g/mol. The average molecular weight is 458 g/mol. The molecule has 1 heterocycles. The number of hydrogen-bond donors (Lipinski definition) is 1. The van der Waals surface area contributed by atoms with Gasteiger partial charge in [-0.1, -0.05) is 0 Å². The van der Waals surface area contributed by atoms with Crippen molar-refractivity contribution < 1.29 is 27.8 Å². The Balaban J connectivity index is 1.36. The quantitative estimate of drug-likeness (QED) is 0.477. The molecule has 2 aromatic carbocycles. The highest BCUT2D eigenvalue weighted by molar-refractivity contribution is 5.90. The zero-order valence-electron chi connectivity index (χ0n) is 18.0. The topological polar surface area (TPSA) is 85.7 Å². The van der Waals surface area contributed by atoms with Gasteiger partial charge in [0.15, 0.2) is 0 Å². The molecule has 0 aliphatic carbocycles. The van der Waals surface area contributed by atoms with Gasteiger partial charge in [0, 0.05) is 13.2 Å². The van der Waals surface area contributed by atoms with Crippen molar-refractivity contribution in [3.05, 3.63) is 72.6 Å². The molecule has 0 aliphatic heterocycles. The molecule has 0 aliphatic rings. The van der Waals surface area contributed by atoms with Gasteiger partial charge in [-0.15, -0.1) is 0 Å². The minimum Gasteiger partial charge on any atom is -0.493 e. The second-order valence-corrected chi connectivity index (χ2v) is 7.14. The summed E-state index contributed by atoms with van der Waals surface area (Å²) in [5.41, 5.74) is 0.455. The van der Waals surface area contributed by atoms with E-state index >= 15 is 0 Å². The first-order valence-electron chi connectivity index (χ1n) is 10.2. The van der Waals surface area contributed by atoms with Crippen LogP contribution in [0.5, 0.6) is 11.5 Å². The van der Waals surface area contributed by atoms with Crippen LogP contribution in [0.4, 0.5) is 14.5 Å². The third-order valence-electron chi connectivity index (χ3n) is 4.56. The summed E-state index contributed by atoms with van der Waals surface area (Å²) < 4.78 is 38.1. The number of ether oxygens (including phenoxy) is 2. The Kier molecular flexibility index (Phi) is 8.34. The predicted molar refractivity (Wildman–Crippen MR) is 117 cm³/mol. The van der Waals surface area contributed by atoms with E-state index in [2.05, 4.69) is 10.4 Å². The van der Waals surface area contributed by atoms with Crippen molar-refractivity contribution in [2.24, 2.45) is 0 Å². The summed E-state index contributed by atoms with van der Waals surface area (Å²) in [5.74, 6) is -0.178. The summed E-state index contributed by atoms with van der Waals surface area (Å²) in [6.45, 7) is 0.731. The van der Waals surface area contributed by atoms with E-state index in [9.17, 15) is 18.4 Å². The normalized spacial score (nSPS) is 10.5. The van der Waals surface area contributed by atoms with Gasteiger partial charge in [-0.2, -0.15) is 5.10 Å². The zero-order chi connectivity index (χ0) is 23.6. The number of halogens is 2. The number of likely N-dealkylation sites (N-methyl/N-ethyl adjacent to an activating group) is 1. The van der Waals surface area contributed by atoms with Crippen molar-refractivity contribution in [1.82, 2.24) is 14.7 Å². The smallest absolute Gasteiger partial charge is 0.244 e. The largest absolute Gasteiger partial charge is 0.493 e. The number of rotatable bonds is 11. The highest BCUT2D eigenvalue weighted by atomic mass is 19.1. The van der Waals surface area contributed by atoms with Crippen LogP contribution >= 0.6 is 0 Å². The van der Waals surface area contributed by atoms with E-state index in [-0.39, 0.29) is 49.6 Å². The van der Waals surface area contributed by atoms with Gasteiger partial charge in [-0.25, -0.2) is 8.78 Å². The zero-order valence-corrected chi connectivity index (χ0v) is 18.0. The number of anilines is 1. The van der Waals surface area contributed by atoms with Crippen LogP contribution in [0.3, 0.4) is 0 Å². The summed E-state index contributed by atoms with van der Waals surface area (Å²) in [6, 6.07) is 11.2. The van der Waals surface area contributed by atoms with Gasteiger partial charge in [0.2, 0.25) is 11.8 Å². The summed E-state index contributed by atoms with van der Waals surface area (Å²) >= 11 is 0. The maximum absolute atomic E-state index is 12.9. The van der Waals surface area contributed by atoms with Crippen LogP contribution in [-0.4, -0.2) is 53.3 Å². The van der Waals surface area contributed by atoms with E-state index in [0.29, 0.717) is 23.7 Å². The maximum atomic E-state index is 12.9. The number of hydrogen-bond acceptors (Lipinski definition) is 5. The highest BCUT2D eigenvalue weighted by Gasteiger charge is 2.12. The lowest BCUT2D eigenvalue weighted by Crippen LogP contribution is -2.33. The molecule has 8 nitrogen and oxygen atoms in total. The van der Waals surface area contributed by atoms with Gasteiger partial charge in [0.05, 0.1) is 31.5 Å². The first-order valence-corrected chi connectivity index (χ1v) is 10.2. The molecular formula is C23H24F2N4O4. The first-order chi connectivity index (χ1) is 15.9. The molecule has 0 bridgehead atoms. The van der Waals surface area contributed by atoms with Crippen molar-refractivity contribution in [3.63, 3.8) is 0 Å². The number of carbonyl (C=O) groups is 2. The number of nitrogens with zero attached hydrogens (tertiary/aromatic N) is 3. The number of aromatic nitrogens is 2. The van der Waals surface area contributed by atoms with Gasteiger partial charge >= 0.3 is 0 Å². The molecule has 1 aromatic heterocycles. The number of nitrogens with one attached hydrogen (secondary N) is 1. The lowest BCUT2D eigenvalue weighted by Gasteiger charge is -2.17. The molecule has 0 saturated carbocycles. The van der Waals surface area contributed by atoms with Crippen molar-refractivity contribution in [2.75, 3.05) is 32.1 Å². The Morgan fingerprint density at radius 2 is 1.55 bits per heavy atom. The molecule has 174 valence electrons. The van der Waals surface area contributed by atoms with E-state index in [0.717, 1.165) is 0 Å². The average Bonchev–Trinajstić information content (AvgIpc) is 3.22. The summed E-state index contributed by atoms with van der Waals surface area (Å²) in [6.07, 6.45) is 3.10. The van der Waals surface area contributed by atoms with Crippen LogP contribution in [0.1, 0.15) is 6.42 Å². The van der Waals surface area contributed by atoms with Gasteiger partial charge < -0.3 is 19.7 Å². The minimum absolute atomic E-state index is 0.00338. The van der Waals surface area contributed by atoms with Crippen molar-refractivity contribution in [1.29, 1.82) is 0 Å². The Hall–Kier alpha value is -3.95. The molecule has 3 aromatic rings. The van der Waals surface area contributed by atoms with Gasteiger partial charge in [0.1, 0.15) is 36.3 Å². The monoisotopic (exact) mass is 458 g/mol. The molecule has 0 unspecified atom stereocenters. The molecule has 10 heteroatoms. The van der Waals surface area contributed by atoms with Crippen LogP contribution in [0.25, 0.3) is 0 Å². The Morgan fingerprint density at radius 3 is 2.15 bits per heavy atom. The molecule has 0 spiro atoms. The van der Waals surface area contributed by atoms with Crippen molar-refractivity contribution >= 4 is 17.5 Å². The second-order valence-electron chi connectivity index (χ2n) is 7.14. The number of amides is 2. The maximum Gasteiger partial charge on any atom is 0.244 e. The number of benzene rings is 2. The third kappa shape index (κ3) is 7.91. The molecule has 33 heavy (non-hydrogen) atoms. The van der Waals surface area contributed by atoms with Crippen LogP contribution in [0.15, 0.2) is 60.9 Å². The van der Waals surface area contributed by atoms with E-state index in [1.54, 1.807) is 13.2 Å². The fraction of sp³-hybridized carbons (Fsp3) is 0.261. The highest BCUT2D eigenvalue weighted by Crippen LogP contribution is 2.12. The fourth-order valence-corrected chi connectivity index (χ4v) is 2.75. The van der Waals surface area contributed by atoms with E-state index in [1.807, 2.05) is 0 Å². The van der Waals surface area contributed by atoms with Gasteiger partial charge in [0.25, 0.3) is 0 Å². The molecule has 2 amide bonds. The Morgan fingerprint density at radius 1 is 0.970 bits per heavy atom. The van der Waals surface area contributed by atoms with E-state index in [4.69, 9.17) is 9.47 Å². The lowest BCUT2D eigenvalue weighted by molar-refractivity contribution is -0.131. The standard InChI is InChI=1S/C23H24F2N4O4/c1-28(11-13-33-21-8-4-18(25)5-9-21)23(31)16-29-15-19(14-26-29)27-22(30)10-12-32-20-6-2-17(24)3-7-20/h2-9,14-15H,10-13,16H2,1H3,(H,27,30). The van der Waals surface area contributed by atoms with Crippen LogP contribution in [0, 0.1) is 11.6 Å². The van der Waals surface area contributed by atoms with Crippen LogP contribution in [0.2, 0.25) is 0 Å². The first kappa shape index (κ1) is 23.7. The molecule has 0 saturated heterocycles. The second kappa shape index (κ2) is 11.6. The van der Waals surface area contributed by atoms with Gasteiger partial charge in [-0.05, 0) is 48.5 Å². The molecule has 0 atom stereocenters. The Labute approximate surface area is 189 Å². The minimum atomic E-state index is -0.361. The third-order valence-corrected chi connectivity index (χ3v) is 4.56. The SMILES string of the molecule is CN(CCOc1ccc(F)cc1)C(=O)Cn1cc(NC(=O)CCOc2ccc(F)cc2)cn1. The lowest BCUT2D eigenvalue weighted by atomic mass is 10.3. The van der Waals surface area contributed by atoms with Gasteiger partial charge in [-0.3, -0.25) is 14.3 Å². The summed E-state index contributed by atoms with van der Waals surface area (Å²) in [4.78, 5) is 25.9. The fourth-order valence-electron chi connectivity index (χ4n) is 2.75. The number of carbonyl (C=O) groups excluding carboxylic acids is 2. The molecule has 3 rings (SSSR count).